The van der Waals surface area contributed by atoms with Crippen LogP contribution in [-0.4, -0.2) is 118 Å². The highest BCUT2D eigenvalue weighted by Crippen LogP contribution is 2.35. The summed E-state index contributed by atoms with van der Waals surface area (Å²) in [5.74, 6) is -3.12. The molecule has 310 valence electrons. The normalized spacial score (nSPS) is 17.8. The predicted octanol–water partition coefficient (Wildman–Crippen LogP) is 3.36. The summed E-state index contributed by atoms with van der Waals surface area (Å²) in [6.45, 7) is 6.52. The molecule has 0 bridgehead atoms. The van der Waals surface area contributed by atoms with E-state index in [-0.39, 0.29) is 61.2 Å². The molecule has 4 N–H and O–H groups in total. The molecule has 1 fully saturated rings. The number of carbonyl (C=O) groups is 6. The number of nitrogens with one attached hydrogen (secondary N) is 4. The first-order chi connectivity index (χ1) is 28.4. The highest BCUT2D eigenvalue weighted by atomic mass is 16.5. The molecule has 2 unspecified atom stereocenters. The number of anilines is 2. The first-order valence-electron chi connectivity index (χ1n) is 19.8. The molecule has 3 aliphatic rings. The fourth-order valence-corrected chi connectivity index (χ4v) is 7.73. The third-order valence-corrected chi connectivity index (χ3v) is 11.0. The minimum absolute atomic E-state index is 0.0246. The molecule has 7 rings (SSSR count). The van der Waals surface area contributed by atoms with E-state index < -0.39 is 35.6 Å². The van der Waals surface area contributed by atoms with Gasteiger partial charge in [-0.3, -0.25) is 48.8 Å². The zero-order valence-electron chi connectivity index (χ0n) is 33.4. The number of likely N-dealkylation sites (N-methyl/N-ethyl adjacent to an activating group) is 1. The van der Waals surface area contributed by atoms with E-state index in [9.17, 15) is 28.8 Å². The molecule has 59 heavy (non-hydrogen) atoms. The second-order valence-corrected chi connectivity index (χ2v) is 16.0. The molecule has 17 nitrogen and oxygen atoms in total. The zero-order chi connectivity index (χ0) is 41.7. The van der Waals surface area contributed by atoms with Gasteiger partial charge in [-0.2, -0.15) is 10.2 Å². The standard InChI is InChI=1S/C42H49N9O8/c1-42(2)15-13-30-32(22-42)47-48-37(30)39(55)45-28-23-43-50(24-28)33(26-7-5-4-6-8-26)14-16-49(3)17-18-58-19-20-59-25-36(53)44-27-9-10-29-31(21-27)41(57)51(40(29)56)34-11-12-35(52)46-38(34)54/h4-10,21,23-24,33-34H,11-20,22,25H2,1-3H3,(H,44,53)(H,45,55)(H,47,48)(H,46,52,54). The van der Waals surface area contributed by atoms with Crippen LogP contribution in [0.4, 0.5) is 11.4 Å². The van der Waals surface area contributed by atoms with Gasteiger partial charge in [0.2, 0.25) is 17.7 Å². The number of H-pyrrole nitrogens is 1. The highest BCUT2D eigenvalue weighted by Gasteiger charge is 2.44. The quantitative estimate of drug-likeness (QED) is 0.0898. The number of piperidine rings is 1. The van der Waals surface area contributed by atoms with E-state index >= 15 is 0 Å². The lowest BCUT2D eigenvalue weighted by Gasteiger charge is -2.28. The molecule has 0 radical (unpaired) electrons. The van der Waals surface area contributed by atoms with Crippen molar-refractivity contribution in [3.8, 4) is 0 Å². The van der Waals surface area contributed by atoms with Crippen molar-refractivity contribution in [2.24, 2.45) is 5.41 Å². The van der Waals surface area contributed by atoms with Gasteiger partial charge in [-0.15, -0.1) is 0 Å². The third-order valence-electron chi connectivity index (χ3n) is 11.0. The third kappa shape index (κ3) is 9.64. The number of ether oxygens (including phenoxy) is 2. The number of hydrogen-bond acceptors (Lipinski definition) is 11. The SMILES string of the molecule is CN(CCOCCOCC(=O)Nc1ccc2c(c1)C(=O)N(C1CCC(=O)NC1=O)C2=O)CCC(c1ccccc1)n1cc(NC(=O)c2n[nH]c3c2CCC(C)(C)C3)cn1. The molecule has 0 saturated carbocycles. The van der Waals surface area contributed by atoms with E-state index in [1.807, 2.05) is 36.1 Å². The van der Waals surface area contributed by atoms with Crippen LogP contribution < -0.4 is 16.0 Å². The number of hydrogen-bond donors (Lipinski definition) is 4. The van der Waals surface area contributed by atoms with Crippen LogP contribution >= 0.6 is 0 Å². The Morgan fingerprint density at radius 3 is 2.53 bits per heavy atom. The average Bonchev–Trinajstić information content (AvgIpc) is 3.90. The topological polar surface area (TPSA) is 210 Å². The Morgan fingerprint density at radius 1 is 0.949 bits per heavy atom. The van der Waals surface area contributed by atoms with Crippen molar-refractivity contribution < 1.29 is 38.2 Å². The molecular formula is C42H49N9O8. The van der Waals surface area contributed by atoms with Crippen LogP contribution in [0.25, 0.3) is 0 Å². The Morgan fingerprint density at radius 2 is 1.73 bits per heavy atom. The lowest BCUT2D eigenvalue weighted by atomic mass is 9.76. The summed E-state index contributed by atoms with van der Waals surface area (Å²) in [7, 11) is 2.02. The highest BCUT2D eigenvalue weighted by molar-refractivity contribution is 6.24. The van der Waals surface area contributed by atoms with Crippen molar-refractivity contribution >= 4 is 46.8 Å². The molecule has 17 heteroatoms. The minimum atomic E-state index is -1.07. The van der Waals surface area contributed by atoms with E-state index in [1.54, 1.807) is 6.20 Å². The fraction of sp³-hybridized carbons (Fsp3) is 0.429. The first-order valence-corrected chi connectivity index (χ1v) is 19.8. The number of rotatable bonds is 17. The van der Waals surface area contributed by atoms with Crippen molar-refractivity contribution in [2.75, 3.05) is 57.2 Å². The predicted molar refractivity (Wildman–Crippen MR) is 215 cm³/mol. The van der Waals surface area contributed by atoms with Crippen LogP contribution in [0.1, 0.15) is 93.6 Å². The van der Waals surface area contributed by atoms with Gasteiger partial charge in [-0.05, 0) is 68.3 Å². The summed E-state index contributed by atoms with van der Waals surface area (Å²) in [4.78, 5) is 78.7. The molecule has 2 aromatic carbocycles. The van der Waals surface area contributed by atoms with Crippen LogP contribution in [0.3, 0.4) is 0 Å². The molecule has 2 aromatic heterocycles. The van der Waals surface area contributed by atoms with Crippen molar-refractivity contribution in [2.45, 2.75) is 64.5 Å². The van der Waals surface area contributed by atoms with E-state index in [4.69, 9.17) is 9.47 Å². The van der Waals surface area contributed by atoms with Crippen LogP contribution in [0.5, 0.6) is 0 Å². The van der Waals surface area contributed by atoms with Crippen molar-refractivity contribution in [1.82, 2.24) is 35.1 Å². The smallest absolute Gasteiger partial charge is 0.276 e. The largest absolute Gasteiger partial charge is 0.378 e. The molecular weight excluding hydrogens is 759 g/mol. The number of fused-ring (bicyclic) bond motifs is 2. The number of imide groups is 2. The van der Waals surface area contributed by atoms with E-state index in [0.717, 1.165) is 53.9 Å². The monoisotopic (exact) mass is 807 g/mol. The molecule has 4 heterocycles. The molecule has 6 amide bonds. The van der Waals surface area contributed by atoms with E-state index in [2.05, 4.69) is 62.1 Å². The summed E-state index contributed by atoms with van der Waals surface area (Å²) < 4.78 is 13.1. The summed E-state index contributed by atoms with van der Waals surface area (Å²) in [6.07, 6.45) is 7.03. The maximum atomic E-state index is 13.3. The van der Waals surface area contributed by atoms with E-state index in [1.165, 1.54) is 18.2 Å². The van der Waals surface area contributed by atoms with Gasteiger partial charge < -0.3 is 25.0 Å². The van der Waals surface area contributed by atoms with Gasteiger partial charge in [0.05, 0.1) is 48.9 Å². The Kier molecular flexibility index (Phi) is 12.4. The van der Waals surface area contributed by atoms with Gasteiger partial charge in [0.1, 0.15) is 12.6 Å². The average molecular weight is 808 g/mol. The van der Waals surface area contributed by atoms with Crippen LogP contribution in [-0.2, 0) is 36.7 Å². The lowest BCUT2D eigenvalue weighted by molar-refractivity contribution is -0.136. The van der Waals surface area contributed by atoms with Gasteiger partial charge >= 0.3 is 0 Å². The second kappa shape index (κ2) is 17.8. The van der Waals surface area contributed by atoms with Crippen molar-refractivity contribution in [3.05, 3.63) is 94.6 Å². The number of amides is 6. The summed E-state index contributed by atoms with van der Waals surface area (Å²) in [5, 5.41) is 19.9. The Bertz CT molecular complexity index is 2230. The summed E-state index contributed by atoms with van der Waals surface area (Å²) in [6, 6.07) is 13.3. The van der Waals surface area contributed by atoms with E-state index in [0.29, 0.717) is 30.2 Å². The van der Waals surface area contributed by atoms with Gasteiger partial charge in [-0.1, -0.05) is 44.2 Å². The van der Waals surface area contributed by atoms with Crippen LogP contribution in [0.15, 0.2) is 60.9 Å². The Balaban J connectivity index is 0.817. The zero-order valence-corrected chi connectivity index (χ0v) is 33.4. The maximum Gasteiger partial charge on any atom is 0.276 e. The summed E-state index contributed by atoms with van der Waals surface area (Å²) >= 11 is 0. The van der Waals surface area contributed by atoms with Crippen molar-refractivity contribution in [3.63, 3.8) is 0 Å². The van der Waals surface area contributed by atoms with Gasteiger partial charge in [-0.25, -0.2) is 0 Å². The molecule has 1 aliphatic carbocycles. The van der Waals surface area contributed by atoms with Gasteiger partial charge in [0.15, 0.2) is 5.69 Å². The van der Waals surface area contributed by atoms with Gasteiger partial charge in [0, 0.05) is 42.7 Å². The number of nitrogens with zero attached hydrogens (tertiary/aromatic N) is 5. The molecule has 2 atom stereocenters. The number of benzene rings is 2. The maximum absolute atomic E-state index is 13.3. The number of aromatic nitrogens is 4. The Hall–Kier alpha value is -6.04. The molecule has 2 aliphatic heterocycles. The lowest BCUT2D eigenvalue weighted by Crippen LogP contribution is -2.54. The number of aromatic amines is 1. The number of carbonyl (C=O) groups excluding carboxylic acids is 6. The van der Waals surface area contributed by atoms with Crippen LogP contribution in [0, 0.1) is 5.41 Å². The van der Waals surface area contributed by atoms with Gasteiger partial charge in [0.25, 0.3) is 17.7 Å². The Labute approximate surface area is 341 Å². The second-order valence-electron chi connectivity index (χ2n) is 16.0. The minimum Gasteiger partial charge on any atom is -0.378 e. The summed E-state index contributed by atoms with van der Waals surface area (Å²) in [5.41, 5.74) is 4.83. The van der Waals surface area contributed by atoms with Crippen molar-refractivity contribution in [1.29, 1.82) is 0 Å². The first kappa shape index (κ1) is 41.1. The van der Waals surface area contributed by atoms with Crippen LogP contribution in [0.2, 0.25) is 0 Å². The molecule has 4 aromatic rings. The molecule has 1 saturated heterocycles. The molecule has 0 spiro atoms. The fourth-order valence-electron chi connectivity index (χ4n) is 7.73.